The fourth-order valence-electron chi connectivity index (χ4n) is 1.42. The molecule has 0 spiro atoms. The molecule has 0 amide bonds. The third-order valence-electron chi connectivity index (χ3n) is 2.14. The number of aryl methyl sites for hydroxylation is 1. The quantitative estimate of drug-likeness (QED) is 0.731. The number of rotatable bonds is 3. The van der Waals surface area contributed by atoms with Crippen LogP contribution in [0.1, 0.15) is 16.3 Å². The first-order valence-electron chi connectivity index (χ1n) is 4.75. The van der Waals surface area contributed by atoms with E-state index in [0.29, 0.717) is 15.9 Å². The highest BCUT2D eigenvalue weighted by atomic mass is 32.2. The maximum Gasteiger partial charge on any atom is 0.214 e. The van der Waals surface area contributed by atoms with Gasteiger partial charge < -0.3 is 0 Å². The van der Waals surface area contributed by atoms with E-state index in [1.807, 2.05) is 18.5 Å². The molecule has 0 saturated heterocycles. The Balaban J connectivity index is 2.04. The molecule has 0 aliphatic carbocycles. The molecule has 6 nitrogen and oxygen atoms in total. The smallest absolute Gasteiger partial charge is 0.214 e. The molecule has 3 rings (SSSR count). The van der Waals surface area contributed by atoms with Gasteiger partial charge in [-0.2, -0.15) is 0 Å². The number of aromatic nitrogens is 5. The van der Waals surface area contributed by atoms with Crippen LogP contribution in [0.3, 0.4) is 0 Å². The summed E-state index contributed by atoms with van der Waals surface area (Å²) in [7, 11) is 0. The molecule has 0 aliphatic rings. The molecule has 3 heterocycles. The first-order valence-corrected chi connectivity index (χ1v) is 6.45. The van der Waals surface area contributed by atoms with E-state index in [2.05, 4.69) is 20.2 Å². The molecule has 0 fully saturated rings. The Labute approximate surface area is 104 Å². The van der Waals surface area contributed by atoms with E-state index < -0.39 is 0 Å². The molecule has 3 aromatic rings. The van der Waals surface area contributed by atoms with Crippen LogP contribution >= 0.6 is 23.1 Å². The Morgan fingerprint density at radius 2 is 2.41 bits per heavy atom. The fraction of sp³-hybridized carbons (Fsp3) is 0.111. The summed E-state index contributed by atoms with van der Waals surface area (Å²) in [6.45, 7) is 1.82. The molecule has 17 heavy (non-hydrogen) atoms. The van der Waals surface area contributed by atoms with E-state index in [0.717, 1.165) is 17.1 Å². The van der Waals surface area contributed by atoms with Crippen LogP contribution in [-0.4, -0.2) is 30.9 Å². The largest absolute Gasteiger partial charge is 0.296 e. The van der Waals surface area contributed by atoms with Crippen LogP contribution in [0, 0.1) is 6.92 Å². The van der Waals surface area contributed by atoms with Gasteiger partial charge >= 0.3 is 0 Å². The predicted octanol–water partition coefficient (Wildman–Crippen LogP) is 1.79. The summed E-state index contributed by atoms with van der Waals surface area (Å²) in [5.74, 6) is 0.737. The van der Waals surface area contributed by atoms with Gasteiger partial charge in [-0.15, -0.1) is 16.4 Å². The van der Waals surface area contributed by atoms with Crippen molar-refractivity contribution in [2.45, 2.75) is 17.1 Å². The van der Waals surface area contributed by atoms with Crippen LogP contribution in [0.5, 0.6) is 0 Å². The molecule has 0 atom stereocenters. The van der Waals surface area contributed by atoms with E-state index in [1.165, 1.54) is 23.1 Å². The highest BCUT2D eigenvalue weighted by molar-refractivity contribution is 7.99. The normalized spacial score (nSPS) is 11.1. The minimum atomic E-state index is 0.536. The predicted molar refractivity (Wildman–Crippen MR) is 63.7 cm³/mol. The number of carbonyl (C=O) groups is 1. The number of nitrogens with one attached hydrogen (secondary N) is 1. The lowest BCUT2D eigenvalue weighted by atomic mass is 10.5. The molecule has 8 heteroatoms. The van der Waals surface area contributed by atoms with E-state index in [9.17, 15) is 4.79 Å². The second-order valence-corrected chi connectivity index (χ2v) is 5.11. The highest BCUT2D eigenvalue weighted by Gasteiger charge is 2.15. The number of aldehydes is 1. The number of hydrogen-bond donors (Lipinski definition) is 1. The number of carbonyl (C=O) groups excluding carboxylic acids is 1. The summed E-state index contributed by atoms with van der Waals surface area (Å²) in [5, 5.41) is 9.84. The van der Waals surface area contributed by atoms with Crippen LogP contribution in [0.15, 0.2) is 21.8 Å². The minimum absolute atomic E-state index is 0.536. The van der Waals surface area contributed by atoms with Crippen LogP contribution in [0.2, 0.25) is 0 Å². The maximum atomic E-state index is 11.1. The molecule has 0 aliphatic heterocycles. The second-order valence-electron chi connectivity index (χ2n) is 3.28. The molecule has 0 bridgehead atoms. The van der Waals surface area contributed by atoms with Crippen LogP contribution in [0.25, 0.3) is 4.96 Å². The molecule has 0 radical (unpaired) electrons. The van der Waals surface area contributed by atoms with Gasteiger partial charge in [0, 0.05) is 11.6 Å². The zero-order chi connectivity index (χ0) is 11.8. The van der Waals surface area contributed by atoms with Crippen molar-refractivity contribution in [3.63, 3.8) is 0 Å². The number of thiazole rings is 1. The zero-order valence-electron chi connectivity index (χ0n) is 8.75. The van der Waals surface area contributed by atoms with Crippen molar-refractivity contribution >= 4 is 34.3 Å². The summed E-state index contributed by atoms with van der Waals surface area (Å²) in [4.78, 5) is 20.4. The van der Waals surface area contributed by atoms with Crippen molar-refractivity contribution < 1.29 is 4.79 Å². The van der Waals surface area contributed by atoms with E-state index in [1.54, 1.807) is 4.40 Å². The third-order valence-corrected chi connectivity index (χ3v) is 3.76. The number of nitrogens with zero attached hydrogens (tertiary/aromatic N) is 4. The van der Waals surface area contributed by atoms with E-state index in [-0.39, 0.29) is 0 Å². The van der Waals surface area contributed by atoms with Crippen molar-refractivity contribution in [1.29, 1.82) is 0 Å². The molecular weight excluding hydrogens is 258 g/mol. The Kier molecular flexibility index (Phi) is 2.45. The second kappa shape index (κ2) is 3.97. The SMILES string of the molecule is Cc1nc(Sc2nc3sccn3c2C=O)n[nH]1. The molecular formula is C9H7N5OS2. The average molecular weight is 265 g/mol. The average Bonchev–Trinajstić information content (AvgIpc) is 2.95. The maximum absolute atomic E-state index is 11.1. The van der Waals surface area contributed by atoms with Gasteiger partial charge in [0.25, 0.3) is 0 Å². The van der Waals surface area contributed by atoms with Crippen molar-refractivity contribution in [2.24, 2.45) is 0 Å². The number of aromatic amines is 1. The molecule has 1 N–H and O–H groups in total. The Bertz CT molecular complexity index is 682. The first kappa shape index (κ1) is 10.5. The topological polar surface area (TPSA) is 75.9 Å². The molecule has 0 saturated carbocycles. The first-order chi connectivity index (χ1) is 8.28. The standard InChI is InChI=1S/C9H7N5OS2/c1-5-10-8(13-12-5)17-7-6(4-15)14-2-3-16-9(14)11-7/h2-4H,1H3,(H,10,12,13). The van der Waals surface area contributed by atoms with Gasteiger partial charge in [0.1, 0.15) is 16.5 Å². The fourth-order valence-corrected chi connectivity index (χ4v) is 3.03. The van der Waals surface area contributed by atoms with E-state index in [4.69, 9.17) is 0 Å². The molecule has 3 aromatic heterocycles. The van der Waals surface area contributed by atoms with E-state index >= 15 is 0 Å². The number of hydrogen-bond acceptors (Lipinski definition) is 6. The van der Waals surface area contributed by atoms with Gasteiger partial charge in [-0.05, 0) is 18.7 Å². The van der Waals surface area contributed by atoms with Crippen molar-refractivity contribution in [2.75, 3.05) is 0 Å². The lowest BCUT2D eigenvalue weighted by Crippen LogP contribution is -1.88. The Hall–Kier alpha value is -1.67. The van der Waals surface area contributed by atoms with Crippen LogP contribution in [-0.2, 0) is 0 Å². The zero-order valence-corrected chi connectivity index (χ0v) is 10.4. The number of imidazole rings is 1. The number of fused-ring (bicyclic) bond motifs is 1. The summed E-state index contributed by atoms with van der Waals surface area (Å²) >= 11 is 2.76. The summed E-state index contributed by atoms with van der Waals surface area (Å²) in [6.07, 6.45) is 2.62. The van der Waals surface area contributed by atoms with Gasteiger partial charge in [-0.1, -0.05) is 0 Å². The highest BCUT2D eigenvalue weighted by Crippen LogP contribution is 2.28. The van der Waals surface area contributed by atoms with Gasteiger partial charge in [0.15, 0.2) is 11.2 Å². The number of H-pyrrole nitrogens is 1. The molecule has 86 valence electrons. The summed E-state index contributed by atoms with van der Waals surface area (Å²) < 4.78 is 1.76. The summed E-state index contributed by atoms with van der Waals surface area (Å²) in [5.41, 5.74) is 0.536. The van der Waals surface area contributed by atoms with Gasteiger partial charge in [-0.3, -0.25) is 14.3 Å². The van der Waals surface area contributed by atoms with Crippen molar-refractivity contribution in [1.82, 2.24) is 24.6 Å². The summed E-state index contributed by atoms with van der Waals surface area (Å²) in [6, 6.07) is 0. The third kappa shape index (κ3) is 1.75. The molecule has 0 unspecified atom stereocenters. The molecule has 0 aromatic carbocycles. The Morgan fingerprint density at radius 3 is 3.12 bits per heavy atom. The van der Waals surface area contributed by atoms with Crippen molar-refractivity contribution in [3.05, 3.63) is 23.1 Å². The van der Waals surface area contributed by atoms with Gasteiger partial charge in [0.2, 0.25) is 5.16 Å². The minimum Gasteiger partial charge on any atom is -0.296 e. The lowest BCUT2D eigenvalue weighted by Gasteiger charge is -1.92. The van der Waals surface area contributed by atoms with Crippen LogP contribution < -0.4 is 0 Å². The Morgan fingerprint density at radius 1 is 1.53 bits per heavy atom. The van der Waals surface area contributed by atoms with Crippen LogP contribution in [0.4, 0.5) is 0 Å². The van der Waals surface area contributed by atoms with Gasteiger partial charge in [-0.25, -0.2) is 9.97 Å². The van der Waals surface area contributed by atoms with Gasteiger partial charge in [0.05, 0.1) is 0 Å². The lowest BCUT2D eigenvalue weighted by molar-refractivity contribution is 0.111. The van der Waals surface area contributed by atoms with Crippen molar-refractivity contribution in [3.8, 4) is 0 Å². The monoisotopic (exact) mass is 265 g/mol.